The zero-order valence-corrected chi connectivity index (χ0v) is 8.92. The number of hydrogen-bond acceptors (Lipinski definition) is 4. The van der Waals surface area contributed by atoms with Crippen molar-refractivity contribution in [1.82, 2.24) is 9.97 Å². The molecule has 0 aromatic carbocycles. The Bertz CT molecular complexity index is 445. The molecule has 0 fully saturated rings. The lowest BCUT2D eigenvalue weighted by atomic mass is 10.4. The van der Waals surface area contributed by atoms with Gasteiger partial charge in [0.15, 0.2) is 0 Å². The molecule has 0 amide bonds. The fourth-order valence-electron chi connectivity index (χ4n) is 1.09. The van der Waals surface area contributed by atoms with Crippen LogP contribution in [0.1, 0.15) is 11.3 Å². The van der Waals surface area contributed by atoms with Crippen LogP contribution in [0, 0.1) is 13.0 Å². The van der Waals surface area contributed by atoms with Gasteiger partial charge in [-0.3, -0.25) is 0 Å². The summed E-state index contributed by atoms with van der Waals surface area (Å²) in [5.74, 6) is 1.49. The molecule has 0 radical (unpaired) electrons. The summed E-state index contributed by atoms with van der Waals surface area (Å²) in [4.78, 5) is 7.19. The highest BCUT2D eigenvalue weighted by Gasteiger charge is 2.05. The SMILES string of the molecule is Cc1cnc(F)nc1SCc1ccco1. The van der Waals surface area contributed by atoms with Crippen molar-refractivity contribution in [2.45, 2.75) is 17.7 Å². The van der Waals surface area contributed by atoms with Gasteiger partial charge in [-0.05, 0) is 24.6 Å². The van der Waals surface area contributed by atoms with Crippen LogP contribution in [0.4, 0.5) is 4.39 Å². The summed E-state index contributed by atoms with van der Waals surface area (Å²) in [5.41, 5.74) is 0.868. The lowest BCUT2D eigenvalue weighted by molar-refractivity contribution is 0.522. The maximum atomic E-state index is 12.8. The molecule has 0 N–H and O–H groups in total. The van der Waals surface area contributed by atoms with E-state index in [-0.39, 0.29) is 0 Å². The summed E-state index contributed by atoms with van der Waals surface area (Å²) in [5, 5.41) is 0.652. The Morgan fingerprint density at radius 1 is 1.53 bits per heavy atom. The molecule has 2 aromatic rings. The first-order valence-electron chi connectivity index (χ1n) is 4.40. The van der Waals surface area contributed by atoms with Gasteiger partial charge in [0, 0.05) is 6.20 Å². The molecule has 3 nitrogen and oxygen atoms in total. The smallest absolute Gasteiger partial charge is 0.309 e. The lowest BCUT2D eigenvalue weighted by Crippen LogP contribution is -1.93. The molecule has 0 aliphatic carbocycles. The first kappa shape index (κ1) is 10.2. The molecule has 0 unspecified atom stereocenters. The van der Waals surface area contributed by atoms with Crippen LogP contribution >= 0.6 is 11.8 Å². The van der Waals surface area contributed by atoms with Gasteiger partial charge < -0.3 is 4.42 Å². The number of thioether (sulfide) groups is 1. The van der Waals surface area contributed by atoms with Gasteiger partial charge in [0.1, 0.15) is 10.8 Å². The van der Waals surface area contributed by atoms with Crippen molar-refractivity contribution in [1.29, 1.82) is 0 Å². The van der Waals surface area contributed by atoms with Crippen molar-refractivity contribution in [3.63, 3.8) is 0 Å². The number of hydrogen-bond donors (Lipinski definition) is 0. The predicted molar refractivity (Wildman–Crippen MR) is 55.0 cm³/mol. The van der Waals surface area contributed by atoms with Crippen LogP contribution in [0.5, 0.6) is 0 Å². The minimum Gasteiger partial charge on any atom is -0.468 e. The number of halogens is 1. The van der Waals surface area contributed by atoms with E-state index in [2.05, 4.69) is 9.97 Å². The van der Waals surface area contributed by atoms with Crippen LogP contribution in [0.2, 0.25) is 0 Å². The third kappa shape index (κ3) is 2.56. The van der Waals surface area contributed by atoms with Crippen molar-refractivity contribution in [3.8, 4) is 0 Å². The molecule has 0 aliphatic rings. The van der Waals surface area contributed by atoms with Crippen LogP contribution in [0.3, 0.4) is 0 Å². The van der Waals surface area contributed by atoms with Crippen LogP contribution in [-0.2, 0) is 5.75 Å². The zero-order chi connectivity index (χ0) is 10.7. The van der Waals surface area contributed by atoms with Gasteiger partial charge in [-0.2, -0.15) is 9.37 Å². The highest BCUT2D eigenvalue weighted by atomic mass is 32.2. The topological polar surface area (TPSA) is 38.9 Å². The van der Waals surface area contributed by atoms with E-state index >= 15 is 0 Å². The van der Waals surface area contributed by atoms with E-state index in [0.29, 0.717) is 10.8 Å². The van der Waals surface area contributed by atoms with Crippen molar-refractivity contribution in [3.05, 3.63) is 42.0 Å². The van der Waals surface area contributed by atoms with E-state index in [1.165, 1.54) is 18.0 Å². The van der Waals surface area contributed by atoms with E-state index in [1.54, 1.807) is 6.26 Å². The Morgan fingerprint density at radius 3 is 3.13 bits per heavy atom. The number of rotatable bonds is 3. The van der Waals surface area contributed by atoms with E-state index < -0.39 is 6.08 Å². The van der Waals surface area contributed by atoms with Gasteiger partial charge in [-0.1, -0.05) is 11.8 Å². The third-order valence-electron chi connectivity index (χ3n) is 1.83. The Labute approximate surface area is 90.7 Å². The predicted octanol–water partition coefficient (Wildman–Crippen LogP) is 2.81. The average Bonchev–Trinajstić information content (AvgIpc) is 2.72. The second-order valence-corrected chi connectivity index (χ2v) is 3.96. The molecule has 0 aliphatic heterocycles. The summed E-state index contributed by atoms with van der Waals surface area (Å²) in [6, 6.07) is 3.70. The summed E-state index contributed by atoms with van der Waals surface area (Å²) in [6.07, 6.45) is 2.40. The Hall–Kier alpha value is -1.36. The van der Waals surface area contributed by atoms with Crippen molar-refractivity contribution in [2.75, 3.05) is 0 Å². The van der Waals surface area contributed by atoms with E-state index in [1.807, 2.05) is 19.1 Å². The highest BCUT2D eigenvalue weighted by Crippen LogP contribution is 2.23. The standard InChI is InChI=1S/C10H9FN2OS/c1-7-5-12-10(11)13-9(7)15-6-8-3-2-4-14-8/h2-5H,6H2,1H3. The molecular formula is C10H9FN2OS. The number of aryl methyl sites for hydroxylation is 1. The summed E-state index contributed by atoms with van der Waals surface area (Å²) in [6.45, 7) is 1.85. The molecule has 0 saturated heterocycles. The molecule has 2 aromatic heterocycles. The molecule has 78 valence electrons. The fourth-order valence-corrected chi connectivity index (χ4v) is 1.95. The number of nitrogens with zero attached hydrogens (tertiary/aromatic N) is 2. The van der Waals surface area contributed by atoms with Crippen molar-refractivity contribution in [2.24, 2.45) is 0 Å². The van der Waals surface area contributed by atoms with E-state index in [4.69, 9.17) is 4.42 Å². The van der Waals surface area contributed by atoms with Crippen LogP contribution < -0.4 is 0 Å². The van der Waals surface area contributed by atoms with Gasteiger partial charge in [-0.15, -0.1) is 0 Å². The molecular weight excluding hydrogens is 215 g/mol. The van der Waals surface area contributed by atoms with Crippen molar-refractivity contribution < 1.29 is 8.81 Å². The van der Waals surface area contributed by atoms with Gasteiger partial charge in [0.05, 0.1) is 12.0 Å². The third-order valence-corrected chi connectivity index (χ3v) is 2.94. The minimum absolute atomic E-state index is 0.643. The number of aromatic nitrogens is 2. The molecule has 2 rings (SSSR count). The Kier molecular flexibility index (Phi) is 3.01. The summed E-state index contributed by atoms with van der Waals surface area (Å²) < 4.78 is 17.9. The van der Waals surface area contributed by atoms with Crippen LogP contribution in [-0.4, -0.2) is 9.97 Å². The second-order valence-electron chi connectivity index (χ2n) is 3.00. The normalized spacial score (nSPS) is 10.5. The first-order valence-corrected chi connectivity index (χ1v) is 5.38. The van der Waals surface area contributed by atoms with Crippen LogP contribution in [0.25, 0.3) is 0 Å². The fraction of sp³-hybridized carbons (Fsp3) is 0.200. The Morgan fingerprint density at radius 2 is 2.40 bits per heavy atom. The second kappa shape index (κ2) is 4.44. The molecule has 5 heteroatoms. The molecule has 2 heterocycles. The van der Waals surface area contributed by atoms with Crippen molar-refractivity contribution >= 4 is 11.8 Å². The van der Waals surface area contributed by atoms with E-state index in [9.17, 15) is 4.39 Å². The van der Waals surface area contributed by atoms with Gasteiger partial charge >= 0.3 is 6.08 Å². The van der Waals surface area contributed by atoms with Crippen LogP contribution in [0.15, 0.2) is 34.0 Å². The molecule has 0 bridgehead atoms. The first-order chi connectivity index (χ1) is 7.25. The highest BCUT2D eigenvalue weighted by molar-refractivity contribution is 7.98. The van der Waals surface area contributed by atoms with Gasteiger partial charge in [-0.25, -0.2) is 4.98 Å². The number of furan rings is 1. The Balaban J connectivity index is 2.07. The monoisotopic (exact) mass is 224 g/mol. The largest absolute Gasteiger partial charge is 0.468 e. The molecule has 15 heavy (non-hydrogen) atoms. The quantitative estimate of drug-likeness (QED) is 0.456. The summed E-state index contributed by atoms with van der Waals surface area (Å²) in [7, 11) is 0. The molecule has 0 saturated carbocycles. The van der Waals surface area contributed by atoms with Gasteiger partial charge in [0.2, 0.25) is 0 Å². The maximum absolute atomic E-state index is 12.8. The maximum Gasteiger partial charge on any atom is 0.309 e. The summed E-state index contributed by atoms with van der Waals surface area (Å²) >= 11 is 1.43. The molecule has 0 atom stereocenters. The zero-order valence-electron chi connectivity index (χ0n) is 8.11. The molecule has 0 spiro atoms. The lowest BCUT2D eigenvalue weighted by Gasteiger charge is -2.01. The van der Waals surface area contributed by atoms with Gasteiger partial charge in [0.25, 0.3) is 0 Å². The average molecular weight is 224 g/mol. The van der Waals surface area contributed by atoms with E-state index in [0.717, 1.165) is 11.3 Å². The minimum atomic E-state index is -0.692.